The van der Waals surface area contributed by atoms with E-state index in [1.165, 1.54) is 0 Å². The van der Waals surface area contributed by atoms with Crippen LogP contribution in [0.25, 0.3) is 0 Å². The second kappa shape index (κ2) is 3.20. The van der Waals surface area contributed by atoms with Crippen molar-refractivity contribution in [2.45, 2.75) is 32.5 Å². The molecule has 0 aliphatic rings. The van der Waals surface area contributed by atoms with Crippen molar-refractivity contribution in [2.75, 3.05) is 0 Å². The van der Waals surface area contributed by atoms with Gasteiger partial charge in [0.25, 0.3) is 0 Å². The van der Waals surface area contributed by atoms with Gasteiger partial charge in [0.15, 0.2) is 0 Å². The number of hydrogen-bond acceptors (Lipinski definition) is 4. The number of nitrogens with two attached hydrogens (primary N) is 1. The summed E-state index contributed by atoms with van der Waals surface area (Å²) < 4.78 is 1.59. The van der Waals surface area contributed by atoms with Crippen LogP contribution in [0.2, 0.25) is 0 Å². The van der Waals surface area contributed by atoms with Gasteiger partial charge in [-0.3, -0.25) is 0 Å². The van der Waals surface area contributed by atoms with Crippen molar-refractivity contribution in [2.24, 2.45) is 5.73 Å². The van der Waals surface area contributed by atoms with Gasteiger partial charge in [0.2, 0.25) is 0 Å². The molecule has 3 N–H and O–H groups in total. The maximum Gasteiger partial charge on any atom is 0.0962 e. The standard InChI is InChI=1S/C7H14N4O/c1-7(2,12)5-11-4-6(3-8)9-10-11/h4,12H,3,5,8H2,1-2H3. The molecule has 0 saturated heterocycles. The molecule has 0 radical (unpaired) electrons. The Balaban J connectivity index is 2.64. The average Bonchev–Trinajstić information content (AvgIpc) is 2.32. The van der Waals surface area contributed by atoms with Crippen LogP contribution in [0, 0.1) is 0 Å². The van der Waals surface area contributed by atoms with Gasteiger partial charge in [-0.25, -0.2) is 4.68 Å². The predicted molar refractivity (Wildman–Crippen MR) is 44.2 cm³/mol. The third kappa shape index (κ3) is 2.60. The minimum atomic E-state index is -0.764. The van der Waals surface area contributed by atoms with Crippen LogP contribution >= 0.6 is 0 Å². The molecule has 1 aromatic rings. The third-order valence-corrected chi connectivity index (χ3v) is 1.34. The summed E-state index contributed by atoms with van der Waals surface area (Å²) >= 11 is 0. The Morgan fingerprint density at radius 2 is 2.33 bits per heavy atom. The first-order valence-electron chi connectivity index (χ1n) is 3.83. The van der Waals surface area contributed by atoms with E-state index in [9.17, 15) is 5.11 Å². The smallest absolute Gasteiger partial charge is 0.0962 e. The normalized spacial score (nSPS) is 12.0. The molecule has 68 valence electrons. The first-order chi connectivity index (χ1) is 5.51. The fourth-order valence-electron chi connectivity index (χ4n) is 0.906. The summed E-state index contributed by atoms with van der Waals surface area (Å²) in [4.78, 5) is 0. The zero-order valence-corrected chi connectivity index (χ0v) is 7.36. The average molecular weight is 170 g/mol. The summed E-state index contributed by atoms with van der Waals surface area (Å²) in [5.41, 5.74) is 5.32. The van der Waals surface area contributed by atoms with Crippen molar-refractivity contribution < 1.29 is 5.11 Å². The second-order valence-electron chi connectivity index (χ2n) is 3.42. The van der Waals surface area contributed by atoms with E-state index in [1.807, 2.05) is 0 Å². The molecule has 1 heterocycles. The van der Waals surface area contributed by atoms with Crippen molar-refractivity contribution in [1.82, 2.24) is 15.0 Å². The summed E-state index contributed by atoms with van der Waals surface area (Å²) in [6.45, 7) is 4.25. The van der Waals surface area contributed by atoms with Crippen LogP contribution in [-0.2, 0) is 13.1 Å². The van der Waals surface area contributed by atoms with Gasteiger partial charge in [-0.15, -0.1) is 5.10 Å². The number of hydrogen-bond donors (Lipinski definition) is 2. The van der Waals surface area contributed by atoms with Gasteiger partial charge < -0.3 is 10.8 Å². The molecular formula is C7H14N4O. The highest BCUT2D eigenvalue weighted by Gasteiger charge is 2.14. The molecule has 5 nitrogen and oxygen atoms in total. The SMILES string of the molecule is CC(C)(O)Cn1cc(CN)nn1. The molecule has 1 rings (SSSR count). The van der Waals surface area contributed by atoms with E-state index < -0.39 is 5.60 Å². The highest BCUT2D eigenvalue weighted by Crippen LogP contribution is 2.04. The maximum atomic E-state index is 9.43. The topological polar surface area (TPSA) is 77.0 Å². The van der Waals surface area contributed by atoms with Crippen LogP contribution in [0.5, 0.6) is 0 Å². The number of aliphatic hydroxyl groups is 1. The molecule has 0 aliphatic carbocycles. The van der Waals surface area contributed by atoms with Crippen LogP contribution in [0.15, 0.2) is 6.20 Å². The van der Waals surface area contributed by atoms with Crippen molar-refractivity contribution >= 4 is 0 Å². The molecule has 1 aromatic heterocycles. The lowest BCUT2D eigenvalue weighted by molar-refractivity contribution is 0.0571. The third-order valence-electron chi connectivity index (χ3n) is 1.34. The van der Waals surface area contributed by atoms with Crippen molar-refractivity contribution in [1.29, 1.82) is 0 Å². The Morgan fingerprint density at radius 3 is 2.75 bits per heavy atom. The number of nitrogens with zero attached hydrogens (tertiary/aromatic N) is 3. The van der Waals surface area contributed by atoms with Crippen LogP contribution in [0.3, 0.4) is 0 Å². The lowest BCUT2D eigenvalue weighted by Crippen LogP contribution is -2.26. The summed E-state index contributed by atoms with van der Waals surface area (Å²) in [7, 11) is 0. The molecule has 0 aliphatic heterocycles. The molecule has 0 bridgehead atoms. The van der Waals surface area contributed by atoms with Crippen molar-refractivity contribution in [3.63, 3.8) is 0 Å². The van der Waals surface area contributed by atoms with E-state index in [-0.39, 0.29) is 0 Å². The molecule has 0 atom stereocenters. The lowest BCUT2D eigenvalue weighted by atomic mass is 10.1. The first kappa shape index (κ1) is 9.15. The number of rotatable bonds is 3. The van der Waals surface area contributed by atoms with Gasteiger partial charge in [-0.2, -0.15) is 0 Å². The van der Waals surface area contributed by atoms with Gasteiger partial charge in [0.05, 0.1) is 17.8 Å². The Hall–Kier alpha value is -0.940. The fourth-order valence-corrected chi connectivity index (χ4v) is 0.906. The van der Waals surface area contributed by atoms with Gasteiger partial charge >= 0.3 is 0 Å². The molecule has 0 amide bonds. The summed E-state index contributed by atoms with van der Waals surface area (Å²) in [6, 6.07) is 0. The summed E-state index contributed by atoms with van der Waals surface area (Å²) in [5, 5.41) is 17.0. The number of aromatic nitrogens is 3. The Labute approximate surface area is 71.2 Å². The lowest BCUT2D eigenvalue weighted by Gasteiger charge is -2.15. The molecule has 0 aromatic carbocycles. The molecule has 0 fully saturated rings. The van der Waals surface area contributed by atoms with Gasteiger partial charge in [0, 0.05) is 12.7 Å². The van der Waals surface area contributed by atoms with E-state index in [2.05, 4.69) is 10.3 Å². The van der Waals surface area contributed by atoms with Crippen molar-refractivity contribution in [3.8, 4) is 0 Å². The first-order valence-corrected chi connectivity index (χ1v) is 3.83. The zero-order valence-electron chi connectivity index (χ0n) is 7.36. The monoisotopic (exact) mass is 170 g/mol. The van der Waals surface area contributed by atoms with E-state index >= 15 is 0 Å². The second-order valence-corrected chi connectivity index (χ2v) is 3.42. The molecule has 0 spiro atoms. The highest BCUT2D eigenvalue weighted by molar-refractivity contribution is 4.90. The van der Waals surface area contributed by atoms with E-state index in [0.29, 0.717) is 13.1 Å². The minimum absolute atomic E-state index is 0.381. The van der Waals surface area contributed by atoms with Crippen LogP contribution in [0.4, 0.5) is 0 Å². The van der Waals surface area contributed by atoms with E-state index in [4.69, 9.17) is 5.73 Å². The van der Waals surface area contributed by atoms with Crippen molar-refractivity contribution in [3.05, 3.63) is 11.9 Å². The summed E-state index contributed by atoms with van der Waals surface area (Å²) in [5.74, 6) is 0. The molecule has 0 saturated carbocycles. The highest BCUT2D eigenvalue weighted by atomic mass is 16.3. The molecule has 5 heteroatoms. The Kier molecular flexibility index (Phi) is 2.44. The minimum Gasteiger partial charge on any atom is -0.389 e. The fraction of sp³-hybridized carbons (Fsp3) is 0.714. The molecule has 12 heavy (non-hydrogen) atoms. The quantitative estimate of drug-likeness (QED) is 0.641. The Morgan fingerprint density at radius 1 is 1.67 bits per heavy atom. The predicted octanol–water partition coefficient (Wildman–Crippen LogP) is -0.492. The maximum absolute atomic E-state index is 9.43. The van der Waals surface area contributed by atoms with Crippen LogP contribution < -0.4 is 5.73 Å². The van der Waals surface area contributed by atoms with Crippen LogP contribution in [0.1, 0.15) is 19.5 Å². The molecular weight excluding hydrogens is 156 g/mol. The van der Waals surface area contributed by atoms with Gasteiger partial charge in [0.1, 0.15) is 0 Å². The van der Waals surface area contributed by atoms with Gasteiger partial charge in [-0.05, 0) is 13.8 Å². The van der Waals surface area contributed by atoms with E-state index in [0.717, 1.165) is 5.69 Å². The van der Waals surface area contributed by atoms with Crippen LogP contribution in [-0.4, -0.2) is 25.7 Å². The summed E-state index contributed by atoms with van der Waals surface area (Å²) in [6.07, 6.45) is 1.73. The molecule has 0 unspecified atom stereocenters. The zero-order chi connectivity index (χ0) is 9.19. The van der Waals surface area contributed by atoms with E-state index in [1.54, 1.807) is 24.7 Å². The Bertz CT molecular complexity index is 250. The largest absolute Gasteiger partial charge is 0.389 e. The van der Waals surface area contributed by atoms with Gasteiger partial charge in [-0.1, -0.05) is 5.21 Å².